The van der Waals surface area contributed by atoms with Crippen molar-refractivity contribution >= 4 is 28.8 Å². The van der Waals surface area contributed by atoms with E-state index in [1.807, 2.05) is 20.2 Å². The second kappa shape index (κ2) is 5.23. The van der Waals surface area contributed by atoms with E-state index in [9.17, 15) is 0 Å². The first-order valence-corrected chi connectivity index (χ1v) is 5.96. The Bertz CT molecular complexity index is 554. The summed E-state index contributed by atoms with van der Waals surface area (Å²) in [4.78, 5) is 10.2. The van der Waals surface area contributed by atoms with Gasteiger partial charge in [0, 0.05) is 25.5 Å². The average molecular weight is 263 g/mol. The Morgan fingerprint density at radius 3 is 2.67 bits per heavy atom. The minimum atomic E-state index is 0.375. The molecule has 0 aliphatic rings. The molecule has 4 nitrogen and oxygen atoms in total. The molecule has 94 valence electrons. The van der Waals surface area contributed by atoms with E-state index in [0.717, 1.165) is 11.4 Å². The molecule has 0 bridgehead atoms. The fraction of sp³-hybridized carbons (Fsp3) is 0.231. The number of anilines is 3. The minimum Gasteiger partial charge on any atom is -0.377 e. The van der Waals surface area contributed by atoms with Gasteiger partial charge in [0.25, 0.3) is 0 Å². The summed E-state index contributed by atoms with van der Waals surface area (Å²) >= 11 is 5.80. The van der Waals surface area contributed by atoms with Gasteiger partial charge in [-0.3, -0.25) is 4.98 Å². The van der Waals surface area contributed by atoms with Crippen molar-refractivity contribution in [2.75, 3.05) is 24.3 Å². The van der Waals surface area contributed by atoms with Crippen molar-refractivity contribution in [2.45, 2.75) is 6.92 Å². The lowest BCUT2D eigenvalue weighted by Crippen LogP contribution is -2.10. The zero-order valence-electron chi connectivity index (χ0n) is 10.6. The highest BCUT2D eigenvalue weighted by atomic mass is 35.5. The number of rotatable bonds is 3. The van der Waals surface area contributed by atoms with E-state index in [1.54, 1.807) is 6.20 Å². The second-order valence-corrected chi connectivity index (χ2v) is 4.63. The molecule has 2 aromatic rings. The monoisotopic (exact) mass is 262 g/mol. The van der Waals surface area contributed by atoms with Crippen LogP contribution in [0.2, 0.25) is 5.15 Å². The van der Waals surface area contributed by atoms with Gasteiger partial charge in [-0.25, -0.2) is 4.98 Å². The lowest BCUT2D eigenvalue weighted by Gasteiger charge is -2.17. The Morgan fingerprint density at radius 1 is 1.22 bits per heavy atom. The number of aryl methyl sites for hydroxylation is 1. The van der Waals surface area contributed by atoms with Crippen molar-refractivity contribution in [2.24, 2.45) is 0 Å². The van der Waals surface area contributed by atoms with Crippen LogP contribution in [0, 0.1) is 6.92 Å². The molecule has 0 amide bonds. The maximum atomic E-state index is 5.80. The molecule has 0 spiro atoms. The van der Waals surface area contributed by atoms with Crippen molar-refractivity contribution in [3.63, 3.8) is 0 Å². The molecule has 1 N–H and O–H groups in total. The molecular formula is C13H15ClN4. The summed E-state index contributed by atoms with van der Waals surface area (Å²) in [5.74, 6) is 0.635. The van der Waals surface area contributed by atoms with Gasteiger partial charge in [0.15, 0.2) is 5.82 Å². The standard InChI is InChI=1S/C13H15ClN4/c1-9-4-5-10(6-11(9)18(2)3)16-13-8-15-7-12(14)17-13/h4-8H,1-3H3,(H,16,17). The van der Waals surface area contributed by atoms with Crippen LogP contribution in [0.3, 0.4) is 0 Å². The smallest absolute Gasteiger partial charge is 0.150 e. The zero-order valence-corrected chi connectivity index (χ0v) is 11.4. The quantitative estimate of drug-likeness (QED) is 0.922. The average Bonchev–Trinajstić information content (AvgIpc) is 2.31. The molecule has 1 aromatic heterocycles. The zero-order chi connectivity index (χ0) is 13.1. The number of aromatic nitrogens is 2. The SMILES string of the molecule is Cc1ccc(Nc2cncc(Cl)n2)cc1N(C)C. The van der Waals surface area contributed by atoms with E-state index in [-0.39, 0.29) is 0 Å². The number of benzene rings is 1. The first kappa shape index (κ1) is 12.6. The number of hydrogen-bond acceptors (Lipinski definition) is 4. The van der Waals surface area contributed by atoms with E-state index in [2.05, 4.69) is 39.2 Å². The fourth-order valence-corrected chi connectivity index (χ4v) is 1.87. The predicted molar refractivity (Wildman–Crippen MR) is 75.8 cm³/mol. The van der Waals surface area contributed by atoms with Crippen LogP contribution in [0.4, 0.5) is 17.2 Å². The van der Waals surface area contributed by atoms with Crippen molar-refractivity contribution in [1.29, 1.82) is 0 Å². The van der Waals surface area contributed by atoms with Crippen LogP contribution in [0.25, 0.3) is 0 Å². The molecule has 1 heterocycles. The van der Waals surface area contributed by atoms with Gasteiger partial charge in [0.2, 0.25) is 0 Å². The second-order valence-electron chi connectivity index (χ2n) is 4.25. The van der Waals surface area contributed by atoms with Gasteiger partial charge in [0.1, 0.15) is 5.15 Å². The molecule has 0 unspecified atom stereocenters. The van der Waals surface area contributed by atoms with Crippen molar-refractivity contribution < 1.29 is 0 Å². The predicted octanol–water partition coefficient (Wildman–Crippen LogP) is 3.25. The molecule has 0 atom stereocenters. The Hall–Kier alpha value is -1.81. The Labute approximate surface area is 112 Å². The van der Waals surface area contributed by atoms with Crippen LogP contribution < -0.4 is 10.2 Å². The van der Waals surface area contributed by atoms with Crippen molar-refractivity contribution in [3.05, 3.63) is 41.3 Å². The largest absolute Gasteiger partial charge is 0.377 e. The molecule has 0 aliphatic carbocycles. The van der Waals surface area contributed by atoms with Gasteiger partial charge < -0.3 is 10.2 Å². The van der Waals surface area contributed by atoms with E-state index >= 15 is 0 Å². The summed E-state index contributed by atoms with van der Waals surface area (Å²) in [7, 11) is 4.04. The van der Waals surface area contributed by atoms with Gasteiger partial charge in [-0.1, -0.05) is 17.7 Å². The third kappa shape index (κ3) is 2.90. The topological polar surface area (TPSA) is 41.1 Å². The lowest BCUT2D eigenvalue weighted by molar-refractivity contribution is 1.11. The highest BCUT2D eigenvalue weighted by Crippen LogP contribution is 2.24. The van der Waals surface area contributed by atoms with Crippen LogP contribution in [0.15, 0.2) is 30.6 Å². The molecule has 2 rings (SSSR count). The molecule has 0 saturated heterocycles. The third-order valence-electron chi connectivity index (χ3n) is 2.57. The van der Waals surface area contributed by atoms with Crippen molar-refractivity contribution in [3.8, 4) is 0 Å². The first-order valence-electron chi connectivity index (χ1n) is 5.59. The minimum absolute atomic E-state index is 0.375. The molecule has 0 fully saturated rings. The van der Waals surface area contributed by atoms with Crippen LogP contribution in [-0.4, -0.2) is 24.1 Å². The number of nitrogens with one attached hydrogen (secondary N) is 1. The third-order valence-corrected chi connectivity index (χ3v) is 2.75. The molecule has 18 heavy (non-hydrogen) atoms. The van der Waals surface area contributed by atoms with Crippen LogP contribution in [0.1, 0.15) is 5.56 Å². The number of hydrogen-bond donors (Lipinski definition) is 1. The maximum Gasteiger partial charge on any atom is 0.150 e. The van der Waals surface area contributed by atoms with Gasteiger partial charge in [0.05, 0.1) is 12.4 Å². The summed E-state index contributed by atoms with van der Waals surface area (Å²) < 4.78 is 0. The van der Waals surface area contributed by atoms with Gasteiger partial charge in [-0.15, -0.1) is 0 Å². The fourth-order valence-electron chi connectivity index (χ4n) is 1.72. The van der Waals surface area contributed by atoms with Crippen molar-refractivity contribution in [1.82, 2.24) is 9.97 Å². The van der Waals surface area contributed by atoms with E-state index in [1.165, 1.54) is 11.8 Å². The van der Waals surface area contributed by atoms with Gasteiger partial charge in [-0.2, -0.15) is 0 Å². The summed E-state index contributed by atoms with van der Waals surface area (Å²) in [5.41, 5.74) is 3.35. The normalized spacial score (nSPS) is 10.2. The Kier molecular flexibility index (Phi) is 3.67. The summed E-state index contributed by atoms with van der Waals surface area (Å²) in [6.07, 6.45) is 3.15. The Morgan fingerprint density at radius 2 is 2.00 bits per heavy atom. The number of halogens is 1. The molecule has 0 radical (unpaired) electrons. The highest BCUT2D eigenvalue weighted by molar-refractivity contribution is 6.29. The van der Waals surface area contributed by atoms with Crippen LogP contribution in [0.5, 0.6) is 0 Å². The summed E-state index contributed by atoms with van der Waals surface area (Å²) in [6.45, 7) is 2.08. The molecule has 0 saturated carbocycles. The summed E-state index contributed by atoms with van der Waals surface area (Å²) in [5, 5.41) is 3.56. The van der Waals surface area contributed by atoms with Crippen LogP contribution >= 0.6 is 11.6 Å². The number of nitrogens with zero attached hydrogens (tertiary/aromatic N) is 3. The van der Waals surface area contributed by atoms with E-state index < -0.39 is 0 Å². The molecule has 1 aromatic carbocycles. The maximum absolute atomic E-state index is 5.80. The highest BCUT2D eigenvalue weighted by Gasteiger charge is 2.03. The first-order chi connectivity index (χ1) is 8.56. The molecular weight excluding hydrogens is 248 g/mol. The lowest BCUT2D eigenvalue weighted by atomic mass is 10.1. The van der Waals surface area contributed by atoms with E-state index in [4.69, 9.17) is 11.6 Å². The van der Waals surface area contributed by atoms with Gasteiger partial charge >= 0.3 is 0 Å². The summed E-state index contributed by atoms with van der Waals surface area (Å²) in [6, 6.07) is 6.14. The molecule has 0 aliphatic heterocycles. The van der Waals surface area contributed by atoms with E-state index in [0.29, 0.717) is 11.0 Å². The molecule has 5 heteroatoms. The van der Waals surface area contributed by atoms with Gasteiger partial charge in [-0.05, 0) is 24.6 Å². The van der Waals surface area contributed by atoms with Crippen LogP contribution in [-0.2, 0) is 0 Å². The Balaban J connectivity index is 2.27.